The third kappa shape index (κ3) is 3.30. The van der Waals surface area contributed by atoms with Crippen LogP contribution < -0.4 is 5.73 Å². The van der Waals surface area contributed by atoms with Gasteiger partial charge in [0.25, 0.3) is 0 Å². The normalized spacial score (nSPS) is 12.4. The van der Waals surface area contributed by atoms with Gasteiger partial charge in [0, 0.05) is 15.6 Å². The quantitative estimate of drug-likeness (QED) is 0.844. The Morgan fingerprint density at radius 2 is 1.58 bits per heavy atom. The van der Waals surface area contributed by atoms with E-state index >= 15 is 0 Å². The van der Waals surface area contributed by atoms with Gasteiger partial charge in [-0.2, -0.15) is 0 Å². The molecular weight excluding hydrogens is 277 g/mol. The Kier molecular flexibility index (Phi) is 4.87. The fraction of sp³-hybridized carbons (Fsp3) is 0.250. The molecule has 19 heavy (non-hydrogen) atoms. The lowest BCUT2D eigenvalue weighted by Crippen LogP contribution is -2.13. The number of hydrogen-bond donors (Lipinski definition) is 1. The SMILES string of the molecule is CCCc1ccc(C(N)c2c(Cl)cccc2Cl)cc1. The third-order valence-electron chi connectivity index (χ3n) is 3.19. The molecule has 2 aromatic rings. The molecule has 0 aliphatic heterocycles. The van der Waals surface area contributed by atoms with Crippen molar-refractivity contribution in [2.24, 2.45) is 5.73 Å². The molecule has 2 aromatic carbocycles. The third-order valence-corrected chi connectivity index (χ3v) is 3.85. The van der Waals surface area contributed by atoms with E-state index in [1.807, 2.05) is 18.2 Å². The topological polar surface area (TPSA) is 26.0 Å². The van der Waals surface area contributed by atoms with Gasteiger partial charge in [0.05, 0.1) is 6.04 Å². The minimum Gasteiger partial charge on any atom is -0.320 e. The van der Waals surface area contributed by atoms with Gasteiger partial charge < -0.3 is 5.73 Å². The van der Waals surface area contributed by atoms with Gasteiger partial charge in [-0.25, -0.2) is 0 Å². The van der Waals surface area contributed by atoms with Crippen LogP contribution in [0, 0.1) is 0 Å². The Bertz CT molecular complexity index is 529. The van der Waals surface area contributed by atoms with E-state index in [0.29, 0.717) is 10.0 Å². The van der Waals surface area contributed by atoms with Crippen LogP contribution in [0.15, 0.2) is 42.5 Å². The van der Waals surface area contributed by atoms with Crippen LogP contribution in [-0.2, 0) is 6.42 Å². The van der Waals surface area contributed by atoms with Crippen LogP contribution in [0.25, 0.3) is 0 Å². The van der Waals surface area contributed by atoms with Crippen LogP contribution in [0.4, 0.5) is 0 Å². The number of hydrogen-bond acceptors (Lipinski definition) is 1. The van der Waals surface area contributed by atoms with E-state index in [1.54, 1.807) is 0 Å². The maximum Gasteiger partial charge on any atom is 0.0581 e. The molecule has 0 aromatic heterocycles. The lowest BCUT2D eigenvalue weighted by atomic mass is 9.97. The van der Waals surface area contributed by atoms with Crippen molar-refractivity contribution < 1.29 is 0 Å². The molecule has 0 aliphatic rings. The van der Waals surface area contributed by atoms with Crippen LogP contribution in [0.2, 0.25) is 10.0 Å². The van der Waals surface area contributed by atoms with E-state index in [9.17, 15) is 0 Å². The minimum absolute atomic E-state index is 0.295. The molecule has 0 fully saturated rings. The molecular formula is C16H17Cl2N. The first-order chi connectivity index (χ1) is 9.13. The molecule has 3 heteroatoms. The molecule has 0 heterocycles. The average molecular weight is 294 g/mol. The molecule has 1 unspecified atom stereocenters. The van der Waals surface area contributed by atoms with Gasteiger partial charge >= 0.3 is 0 Å². The maximum atomic E-state index is 6.27. The van der Waals surface area contributed by atoms with Gasteiger partial charge in [0.1, 0.15) is 0 Å². The summed E-state index contributed by atoms with van der Waals surface area (Å²) in [5.41, 5.74) is 9.41. The molecule has 0 saturated heterocycles. The second-order valence-corrected chi connectivity index (χ2v) is 5.42. The van der Waals surface area contributed by atoms with E-state index in [0.717, 1.165) is 24.0 Å². The standard InChI is InChI=1S/C16H17Cl2N/c1-2-4-11-7-9-12(10-8-11)16(19)15-13(17)5-3-6-14(15)18/h3,5-10,16H,2,4,19H2,1H3. The highest BCUT2D eigenvalue weighted by Gasteiger charge is 2.15. The van der Waals surface area contributed by atoms with Crippen molar-refractivity contribution in [2.75, 3.05) is 0 Å². The van der Waals surface area contributed by atoms with Crippen LogP contribution in [-0.4, -0.2) is 0 Å². The number of benzene rings is 2. The first-order valence-corrected chi connectivity index (χ1v) is 7.17. The largest absolute Gasteiger partial charge is 0.320 e. The smallest absolute Gasteiger partial charge is 0.0581 e. The van der Waals surface area contributed by atoms with Crippen molar-refractivity contribution in [2.45, 2.75) is 25.8 Å². The van der Waals surface area contributed by atoms with Crippen molar-refractivity contribution in [3.8, 4) is 0 Å². The summed E-state index contributed by atoms with van der Waals surface area (Å²) in [7, 11) is 0. The molecule has 0 saturated carbocycles. The number of aryl methyl sites for hydroxylation is 1. The molecule has 1 atom stereocenters. The maximum absolute atomic E-state index is 6.27. The van der Waals surface area contributed by atoms with Gasteiger partial charge in [0.2, 0.25) is 0 Å². The van der Waals surface area contributed by atoms with Crippen molar-refractivity contribution in [3.63, 3.8) is 0 Å². The average Bonchev–Trinajstić information content (AvgIpc) is 2.39. The number of halogens is 2. The fourth-order valence-corrected chi connectivity index (χ4v) is 2.79. The van der Waals surface area contributed by atoms with Crippen molar-refractivity contribution in [1.82, 2.24) is 0 Å². The van der Waals surface area contributed by atoms with E-state index < -0.39 is 0 Å². The number of rotatable bonds is 4. The predicted molar refractivity (Wildman–Crippen MR) is 82.9 cm³/mol. The van der Waals surface area contributed by atoms with Gasteiger partial charge in [-0.3, -0.25) is 0 Å². The lowest BCUT2D eigenvalue weighted by Gasteiger charge is -2.16. The van der Waals surface area contributed by atoms with Crippen LogP contribution >= 0.6 is 23.2 Å². The fourth-order valence-electron chi connectivity index (χ4n) is 2.15. The summed E-state index contributed by atoms with van der Waals surface area (Å²) in [5.74, 6) is 0. The molecule has 0 spiro atoms. The molecule has 0 aliphatic carbocycles. The van der Waals surface area contributed by atoms with Crippen LogP contribution in [0.1, 0.15) is 36.1 Å². The highest BCUT2D eigenvalue weighted by atomic mass is 35.5. The van der Waals surface area contributed by atoms with Crippen LogP contribution in [0.5, 0.6) is 0 Å². The van der Waals surface area contributed by atoms with Gasteiger partial charge in [0.15, 0.2) is 0 Å². The molecule has 2 N–H and O–H groups in total. The Morgan fingerprint density at radius 1 is 1.00 bits per heavy atom. The first-order valence-electron chi connectivity index (χ1n) is 6.41. The van der Waals surface area contributed by atoms with Gasteiger partial charge in [-0.1, -0.05) is 66.9 Å². The summed E-state index contributed by atoms with van der Waals surface area (Å²) in [6.07, 6.45) is 2.23. The predicted octanol–water partition coefficient (Wildman–Crippen LogP) is 4.99. The zero-order valence-corrected chi connectivity index (χ0v) is 12.4. The minimum atomic E-state index is -0.295. The summed E-state index contributed by atoms with van der Waals surface area (Å²) in [5, 5.41) is 1.22. The van der Waals surface area contributed by atoms with Crippen molar-refractivity contribution >= 4 is 23.2 Å². The molecule has 0 bridgehead atoms. The Balaban J connectivity index is 2.31. The number of nitrogens with two attached hydrogens (primary N) is 1. The highest BCUT2D eigenvalue weighted by Crippen LogP contribution is 2.32. The Morgan fingerprint density at radius 3 is 2.11 bits per heavy atom. The van der Waals surface area contributed by atoms with E-state index in [-0.39, 0.29) is 6.04 Å². The zero-order valence-electron chi connectivity index (χ0n) is 10.9. The van der Waals surface area contributed by atoms with Crippen LogP contribution in [0.3, 0.4) is 0 Å². The molecule has 0 amide bonds. The van der Waals surface area contributed by atoms with E-state index in [1.165, 1.54) is 5.56 Å². The second kappa shape index (κ2) is 6.42. The highest BCUT2D eigenvalue weighted by molar-refractivity contribution is 6.36. The first kappa shape index (κ1) is 14.4. The van der Waals surface area contributed by atoms with Crippen molar-refractivity contribution in [1.29, 1.82) is 0 Å². The summed E-state index contributed by atoms with van der Waals surface area (Å²) < 4.78 is 0. The molecule has 2 rings (SSSR count). The van der Waals surface area contributed by atoms with E-state index in [4.69, 9.17) is 28.9 Å². The Hall–Kier alpha value is -1.02. The van der Waals surface area contributed by atoms with Gasteiger partial charge in [-0.05, 0) is 29.7 Å². The van der Waals surface area contributed by atoms with Gasteiger partial charge in [-0.15, -0.1) is 0 Å². The van der Waals surface area contributed by atoms with Crippen molar-refractivity contribution in [3.05, 3.63) is 69.2 Å². The monoisotopic (exact) mass is 293 g/mol. The lowest BCUT2D eigenvalue weighted by molar-refractivity contribution is 0.865. The van der Waals surface area contributed by atoms with E-state index in [2.05, 4.69) is 31.2 Å². The molecule has 100 valence electrons. The summed E-state index contributed by atoms with van der Waals surface area (Å²) in [6.45, 7) is 2.17. The zero-order chi connectivity index (χ0) is 13.8. The molecule has 1 nitrogen and oxygen atoms in total. The Labute approximate surface area is 124 Å². The summed E-state index contributed by atoms with van der Waals surface area (Å²) in [4.78, 5) is 0. The summed E-state index contributed by atoms with van der Waals surface area (Å²) >= 11 is 12.4. The molecule has 0 radical (unpaired) electrons. The second-order valence-electron chi connectivity index (χ2n) is 4.60. The summed E-state index contributed by atoms with van der Waals surface area (Å²) in [6, 6.07) is 13.5.